The number of hydrogen-bond donors (Lipinski definition) is 0. The van der Waals surface area contributed by atoms with Gasteiger partial charge in [-0.2, -0.15) is 0 Å². The van der Waals surface area contributed by atoms with Crippen LogP contribution >= 0.6 is 0 Å². The van der Waals surface area contributed by atoms with E-state index < -0.39 is 0 Å². The summed E-state index contributed by atoms with van der Waals surface area (Å²) in [7, 11) is 0. The van der Waals surface area contributed by atoms with Crippen LogP contribution in [-0.4, -0.2) is 37.1 Å². The minimum absolute atomic E-state index is 0.0513. The molecule has 3 aromatic carbocycles. The van der Waals surface area contributed by atoms with Crippen molar-refractivity contribution >= 4 is 12.0 Å². The molecule has 0 bridgehead atoms. The van der Waals surface area contributed by atoms with E-state index in [4.69, 9.17) is 4.74 Å². The van der Waals surface area contributed by atoms with Crippen molar-refractivity contribution in [1.82, 2.24) is 4.90 Å². The molecule has 1 fully saturated rings. The highest BCUT2D eigenvalue weighted by Gasteiger charge is 2.18. The van der Waals surface area contributed by atoms with E-state index in [9.17, 15) is 4.79 Å². The molecule has 1 aliphatic rings. The van der Waals surface area contributed by atoms with Gasteiger partial charge in [-0.05, 0) is 60.0 Å². The maximum Gasteiger partial charge on any atom is 0.254 e. The fourth-order valence-electron chi connectivity index (χ4n) is 3.54. The summed E-state index contributed by atoms with van der Waals surface area (Å²) in [5, 5.41) is 0. The first-order valence-corrected chi connectivity index (χ1v) is 10.5. The molecular weight excluding hydrogens is 382 g/mol. The van der Waals surface area contributed by atoms with E-state index in [1.54, 1.807) is 0 Å². The van der Waals surface area contributed by atoms with Crippen molar-refractivity contribution in [3.63, 3.8) is 0 Å². The van der Waals surface area contributed by atoms with Gasteiger partial charge in [0.15, 0.2) is 0 Å². The highest BCUT2D eigenvalue weighted by atomic mass is 16.5. The second-order valence-electron chi connectivity index (χ2n) is 7.54. The lowest BCUT2D eigenvalue weighted by molar-refractivity contribution is 0.0303. The number of amides is 1. The molecule has 0 radical (unpaired) electrons. The lowest BCUT2D eigenvalue weighted by Gasteiger charge is -2.26. The summed E-state index contributed by atoms with van der Waals surface area (Å²) >= 11 is 0. The van der Waals surface area contributed by atoms with E-state index in [2.05, 4.69) is 61.2 Å². The Morgan fingerprint density at radius 3 is 2.39 bits per heavy atom. The second kappa shape index (κ2) is 9.93. The molecule has 0 N–H and O–H groups in total. The number of allylic oxidation sites excluding steroid dienone is 1. The number of ether oxygens (including phenoxy) is 1. The first kappa shape index (κ1) is 20.7. The third-order valence-corrected chi connectivity index (χ3v) is 5.32. The molecular formula is C28H25NO2. The largest absolute Gasteiger partial charge is 0.378 e. The van der Waals surface area contributed by atoms with Crippen LogP contribution in [0.4, 0.5) is 0 Å². The molecule has 0 aromatic heterocycles. The Hall–Kier alpha value is -3.61. The maximum atomic E-state index is 12.5. The summed E-state index contributed by atoms with van der Waals surface area (Å²) < 4.78 is 5.31. The predicted molar refractivity (Wildman–Crippen MR) is 126 cm³/mol. The molecule has 3 aromatic rings. The van der Waals surface area contributed by atoms with Crippen LogP contribution in [0.15, 0.2) is 78.9 Å². The first-order valence-electron chi connectivity index (χ1n) is 10.5. The quantitative estimate of drug-likeness (QED) is 0.559. The summed E-state index contributed by atoms with van der Waals surface area (Å²) in [6.45, 7) is 4.60. The molecule has 1 aliphatic heterocycles. The lowest BCUT2D eigenvalue weighted by atomic mass is 9.98. The molecule has 1 saturated heterocycles. The fraction of sp³-hybridized carbons (Fsp3) is 0.179. The number of hydrogen-bond acceptors (Lipinski definition) is 2. The first-order chi connectivity index (χ1) is 15.2. The number of rotatable bonds is 3. The lowest BCUT2D eigenvalue weighted by Crippen LogP contribution is -2.40. The SMILES string of the molecule is Cc1ccc(-c2ccccc2C=CC#Cc2ccc(C(=O)N3CCOCC3)cc2)cc1. The minimum Gasteiger partial charge on any atom is -0.378 e. The average molecular weight is 408 g/mol. The van der Waals surface area contributed by atoms with Crippen molar-refractivity contribution in [1.29, 1.82) is 0 Å². The molecule has 4 rings (SSSR count). The number of nitrogens with zero attached hydrogens (tertiary/aromatic N) is 1. The molecule has 154 valence electrons. The predicted octanol–water partition coefficient (Wildman–Crippen LogP) is 5.20. The highest BCUT2D eigenvalue weighted by Crippen LogP contribution is 2.25. The van der Waals surface area contributed by atoms with Crippen LogP contribution in [0.3, 0.4) is 0 Å². The number of aryl methyl sites for hydroxylation is 1. The Morgan fingerprint density at radius 1 is 0.935 bits per heavy atom. The number of benzene rings is 3. The summed E-state index contributed by atoms with van der Waals surface area (Å²) in [5.74, 6) is 6.30. The molecule has 3 heteroatoms. The normalized spacial score (nSPS) is 13.6. The number of carbonyl (C=O) groups excluding carboxylic acids is 1. The zero-order valence-corrected chi connectivity index (χ0v) is 17.7. The van der Waals surface area contributed by atoms with Crippen molar-refractivity contribution in [3.8, 4) is 23.0 Å². The van der Waals surface area contributed by atoms with Crippen molar-refractivity contribution < 1.29 is 9.53 Å². The summed E-state index contributed by atoms with van der Waals surface area (Å²) in [4.78, 5) is 14.4. The second-order valence-corrected chi connectivity index (χ2v) is 7.54. The van der Waals surface area contributed by atoms with Crippen LogP contribution in [0.2, 0.25) is 0 Å². The van der Waals surface area contributed by atoms with Gasteiger partial charge in [0.25, 0.3) is 5.91 Å². The van der Waals surface area contributed by atoms with Gasteiger partial charge in [0.1, 0.15) is 0 Å². The van der Waals surface area contributed by atoms with Crippen molar-refractivity contribution in [2.75, 3.05) is 26.3 Å². The maximum absolute atomic E-state index is 12.5. The third kappa shape index (κ3) is 5.31. The zero-order valence-electron chi connectivity index (χ0n) is 17.7. The van der Waals surface area contributed by atoms with E-state index in [1.165, 1.54) is 16.7 Å². The third-order valence-electron chi connectivity index (χ3n) is 5.32. The Balaban J connectivity index is 1.44. The van der Waals surface area contributed by atoms with E-state index in [-0.39, 0.29) is 5.91 Å². The van der Waals surface area contributed by atoms with Gasteiger partial charge in [-0.25, -0.2) is 0 Å². The molecule has 1 amide bonds. The zero-order chi connectivity index (χ0) is 21.5. The highest BCUT2D eigenvalue weighted by molar-refractivity contribution is 5.94. The molecule has 0 unspecified atom stereocenters. The van der Waals surface area contributed by atoms with Crippen molar-refractivity contribution in [3.05, 3.63) is 101 Å². The van der Waals surface area contributed by atoms with Gasteiger partial charge in [-0.3, -0.25) is 4.79 Å². The van der Waals surface area contributed by atoms with Crippen molar-refractivity contribution in [2.24, 2.45) is 0 Å². The number of morpholine rings is 1. The monoisotopic (exact) mass is 407 g/mol. The van der Waals surface area contributed by atoms with E-state index in [1.807, 2.05) is 47.4 Å². The molecule has 0 saturated carbocycles. The Morgan fingerprint density at radius 2 is 1.65 bits per heavy atom. The van der Waals surface area contributed by atoms with E-state index in [0.717, 1.165) is 11.1 Å². The van der Waals surface area contributed by atoms with E-state index in [0.29, 0.717) is 31.9 Å². The molecule has 0 atom stereocenters. The minimum atomic E-state index is 0.0513. The summed E-state index contributed by atoms with van der Waals surface area (Å²) in [5.41, 5.74) is 6.34. The Labute approximate surface area is 184 Å². The smallest absolute Gasteiger partial charge is 0.254 e. The molecule has 0 aliphatic carbocycles. The van der Waals surface area contributed by atoms with Crippen LogP contribution in [0, 0.1) is 18.8 Å². The van der Waals surface area contributed by atoms with Gasteiger partial charge in [-0.15, -0.1) is 0 Å². The average Bonchev–Trinajstić information content (AvgIpc) is 2.83. The molecule has 0 spiro atoms. The van der Waals surface area contributed by atoms with Crippen LogP contribution in [0.1, 0.15) is 27.0 Å². The van der Waals surface area contributed by atoms with Gasteiger partial charge in [0.05, 0.1) is 13.2 Å². The van der Waals surface area contributed by atoms with Gasteiger partial charge in [0.2, 0.25) is 0 Å². The topological polar surface area (TPSA) is 29.5 Å². The van der Waals surface area contributed by atoms with E-state index >= 15 is 0 Å². The Bertz CT molecular complexity index is 1130. The molecule has 3 nitrogen and oxygen atoms in total. The Kier molecular flexibility index (Phi) is 6.62. The van der Waals surface area contributed by atoms with Crippen LogP contribution in [-0.2, 0) is 4.74 Å². The van der Waals surface area contributed by atoms with Crippen LogP contribution in [0.5, 0.6) is 0 Å². The fourth-order valence-corrected chi connectivity index (χ4v) is 3.54. The van der Waals surface area contributed by atoms with Gasteiger partial charge < -0.3 is 9.64 Å². The van der Waals surface area contributed by atoms with Gasteiger partial charge in [0, 0.05) is 24.2 Å². The van der Waals surface area contributed by atoms with Gasteiger partial charge in [-0.1, -0.05) is 65.9 Å². The molecule has 31 heavy (non-hydrogen) atoms. The van der Waals surface area contributed by atoms with Crippen molar-refractivity contribution in [2.45, 2.75) is 6.92 Å². The standard InChI is InChI=1S/C28H25NO2/c1-22-10-14-25(15-11-22)27-9-5-4-8-24(27)7-3-2-6-23-12-16-26(17-13-23)28(30)29-18-20-31-21-19-29/h3-5,7-17H,18-21H2,1H3. The summed E-state index contributed by atoms with van der Waals surface area (Å²) in [6, 6.07) is 24.3. The van der Waals surface area contributed by atoms with Gasteiger partial charge >= 0.3 is 0 Å². The van der Waals surface area contributed by atoms with Crippen LogP contribution in [0.25, 0.3) is 17.2 Å². The number of carbonyl (C=O) groups is 1. The summed E-state index contributed by atoms with van der Waals surface area (Å²) in [6.07, 6.45) is 3.92. The molecule has 1 heterocycles. The van der Waals surface area contributed by atoms with Crippen LogP contribution < -0.4 is 0 Å².